The van der Waals surface area contributed by atoms with Crippen LogP contribution in [-0.2, 0) is 11.8 Å². The minimum Gasteiger partial charge on any atom is -0.321 e. The van der Waals surface area contributed by atoms with E-state index in [4.69, 9.17) is 20.1 Å². The SMILES string of the molecule is [2H]c1c([2H])c([2H])c(-c2c([2H])c([2H])c([2H])c(-c3c([2H])c([2H])c([2H])c([2H])c3[2H])c2N2CN(c3cc(Cc4ccc5c6ccccc6n(-c6cc(C(C)(C)C)ccn6)c5c4)cc([Si](C)(C)C)c3)c3ccccc32)c([2H])c1[2H]. The number of anilines is 4. The second-order valence-electron chi connectivity index (χ2n) is 17.6. The lowest BCUT2D eigenvalue weighted by molar-refractivity contribution is 0.588. The Bertz CT molecular complexity index is 3690. The summed E-state index contributed by atoms with van der Waals surface area (Å²) in [5, 5.41) is 3.39. The Morgan fingerprint density at radius 2 is 1.25 bits per heavy atom. The van der Waals surface area contributed by atoms with Crippen molar-refractivity contribution in [2.75, 3.05) is 16.5 Å². The summed E-state index contributed by atoms with van der Waals surface area (Å²) in [6.07, 6.45) is 2.43. The fourth-order valence-corrected chi connectivity index (χ4v) is 9.59. The van der Waals surface area contributed by atoms with Crippen LogP contribution in [0.1, 0.15) is 55.3 Å². The normalized spacial score (nSPS) is 16.0. The first kappa shape index (κ1) is 26.5. The van der Waals surface area contributed by atoms with Gasteiger partial charge < -0.3 is 9.80 Å². The summed E-state index contributed by atoms with van der Waals surface area (Å²) >= 11 is 0. The van der Waals surface area contributed by atoms with Gasteiger partial charge in [-0.25, -0.2) is 4.98 Å². The third-order valence-corrected chi connectivity index (χ3v) is 13.5. The Balaban J connectivity index is 1.18. The lowest BCUT2D eigenvalue weighted by Gasteiger charge is -2.28. The molecule has 9 aromatic rings. The van der Waals surface area contributed by atoms with Gasteiger partial charge in [0.25, 0.3) is 0 Å². The Hall–Kier alpha value is -6.69. The molecule has 0 bridgehead atoms. The van der Waals surface area contributed by atoms with Crippen LogP contribution < -0.4 is 15.0 Å². The van der Waals surface area contributed by atoms with E-state index in [1.54, 1.807) is 17.0 Å². The average Bonchev–Trinajstić information content (AvgIpc) is 3.92. The predicted molar refractivity (Wildman–Crippen MR) is 262 cm³/mol. The smallest absolute Gasteiger partial charge is 0.137 e. The highest BCUT2D eigenvalue weighted by Crippen LogP contribution is 2.50. The van der Waals surface area contributed by atoms with Gasteiger partial charge in [-0.05, 0) is 88.2 Å². The molecule has 0 fully saturated rings. The summed E-state index contributed by atoms with van der Waals surface area (Å²) in [5.74, 6) is 0.831. The molecule has 0 unspecified atom stereocenters. The summed E-state index contributed by atoms with van der Waals surface area (Å²) in [4.78, 5) is 8.64. The fourth-order valence-electron chi connectivity index (χ4n) is 8.39. The molecular weight excluding hydrogens is 757 g/mol. The van der Waals surface area contributed by atoms with Crippen molar-refractivity contribution >= 4 is 57.8 Å². The maximum atomic E-state index is 9.48. The van der Waals surface area contributed by atoms with Crippen molar-refractivity contribution in [3.63, 3.8) is 0 Å². The monoisotopic (exact) mass is 821 g/mol. The van der Waals surface area contributed by atoms with Gasteiger partial charge in [0.2, 0.25) is 0 Å². The number of fused-ring (bicyclic) bond motifs is 4. The molecule has 0 N–H and O–H groups in total. The fraction of sp³-hybridized carbons (Fsp3) is 0.161. The van der Waals surface area contributed by atoms with Crippen LogP contribution in [0.4, 0.5) is 22.7 Å². The summed E-state index contributed by atoms with van der Waals surface area (Å²) in [7, 11) is -2.07. The van der Waals surface area contributed by atoms with Crippen molar-refractivity contribution in [3.05, 3.63) is 199 Å². The molecule has 61 heavy (non-hydrogen) atoms. The van der Waals surface area contributed by atoms with Crippen molar-refractivity contribution in [3.8, 4) is 28.1 Å². The minimum atomic E-state index is -2.07. The zero-order chi connectivity index (χ0) is 53.2. The van der Waals surface area contributed by atoms with Gasteiger partial charge in [-0.3, -0.25) is 4.57 Å². The molecule has 10 rings (SSSR count). The molecular formula is C56H52N4Si. The molecule has 2 aromatic heterocycles. The largest absolute Gasteiger partial charge is 0.321 e. The van der Waals surface area contributed by atoms with Crippen molar-refractivity contribution in [1.29, 1.82) is 0 Å². The van der Waals surface area contributed by atoms with Crippen LogP contribution in [0.25, 0.3) is 49.9 Å². The van der Waals surface area contributed by atoms with Gasteiger partial charge in [0.1, 0.15) is 12.5 Å². The summed E-state index contributed by atoms with van der Waals surface area (Å²) in [5.41, 5.74) is 5.66. The standard InChI is InChI=1S/C56H52N4Si/c1-56(2,3)43-30-31-57-54(36-43)60-50-25-14-13-22-48(50)49-29-28-39(35-53(49)60)32-40-33-44(37-45(34-40)61(4,5)6)58-38-59(52-27-16-15-26-51(52)58)55-46(41-18-9-7-10-19-41)23-17-24-47(55)42-20-11-8-12-21-42/h7-31,33-37H,32,38H2,1-6H3/i7D,8D,9D,10D,11D,12D,17D,18D,19D,20D,21D,23D,24D. The molecule has 3 heterocycles. The molecule has 0 saturated carbocycles. The van der Waals surface area contributed by atoms with Gasteiger partial charge in [0.05, 0.1) is 54.0 Å². The number of hydrogen-bond acceptors (Lipinski definition) is 3. The van der Waals surface area contributed by atoms with Gasteiger partial charge in [0.15, 0.2) is 0 Å². The molecule has 0 spiro atoms. The second kappa shape index (κ2) is 15.1. The highest BCUT2D eigenvalue weighted by Gasteiger charge is 2.32. The molecule has 1 aliphatic heterocycles. The summed E-state index contributed by atoms with van der Waals surface area (Å²) in [6, 6.07) is 24.3. The first-order chi connectivity index (χ1) is 34.9. The lowest BCUT2D eigenvalue weighted by Crippen LogP contribution is -2.38. The van der Waals surface area contributed by atoms with Gasteiger partial charge in [-0.15, -0.1) is 0 Å². The molecule has 0 amide bonds. The van der Waals surface area contributed by atoms with Gasteiger partial charge in [-0.2, -0.15) is 0 Å². The third-order valence-electron chi connectivity index (χ3n) is 11.5. The maximum absolute atomic E-state index is 9.48. The number of aromatic nitrogens is 2. The predicted octanol–water partition coefficient (Wildman–Crippen LogP) is 14.2. The number of benzene rings is 7. The van der Waals surface area contributed by atoms with E-state index in [2.05, 4.69) is 117 Å². The van der Waals surface area contributed by atoms with Gasteiger partial charge in [0, 0.05) is 33.8 Å². The molecule has 0 aliphatic carbocycles. The van der Waals surface area contributed by atoms with Crippen LogP contribution in [-0.4, -0.2) is 24.3 Å². The van der Waals surface area contributed by atoms with Crippen molar-refractivity contribution in [2.45, 2.75) is 52.2 Å². The highest BCUT2D eigenvalue weighted by molar-refractivity contribution is 6.88. The third kappa shape index (κ3) is 7.13. The Morgan fingerprint density at radius 1 is 0.607 bits per heavy atom. The number of rotatable bonds is 8. The zero-order valence-electron chi connectivity index (χ0n) is 48.0. The first-order valence-electron chi connectivity index (χ1n) is 27.0. The molecule has 1 aliphatic rings. The topological polar surface area (TPSA) is 24.3 Å². The van der Waals surface area contributed by atoms with E-state index in [0.29, 0.717) is 17.8 Å². The van der Waals surface area contributed by atoms with Crippen molar-refractivity contribution < 1.29 is 17.8 Å². The number of nitrogens with zero attached hydrogens (tertiary/aromatic N) is 4. The maximum Gasteiger partial charge on any atom is 0.137 e. The summed E-state index contributed by atoms with van der Waals surface area (Å²) < 4.78 is 118. The first-order valence-corrected chi connectivity index (χ1v) is 24.0. The van der Waals surface area contributed by atoms with Crippen LogP contribution in [0, 0.1) is 0 Å². The van der Waals surface area contributed by atoms with E-state index in [0.717, 1.165) is 44.4 Å². The van der Waals surface area contributed by atoms with E-state index in [9.17, 15) is 2.74 Å². The van der Waals surface area contributed by atoms with E-state index in [1.807, 2.05) is 24.4 Å². The molecule has 0 atom stereocenters. The van der Waals surface area contributed by atoms with Crippen LogP contribution in [0.3, 0.4) is 0 Å². The Kier molecular flexibility index (Phi) is 6.56. The summed E-state index contributed by atoms with van der Waals surface area (Å²) in [6.45, 7) is 13.4. The Morgan fingerprint density at radius 3 is 1.92 bits per heavy atom. The molecule has 300 valence electrons. The van der Waals surface area contributed by atoms with Crippen molar-refractivity contribution in [1.82, 2.24) is 9.55 Å². The zero-order valence-corrected chi connectivity index (χ0v) is 36.0. The minimum absolute atomic E-state index is 0.0474. The lowest BCUT2D eigenvalue weighted by atomic mass is 9.88. The van der Waals surface area contributed by atoms with Crippen LogP contribution >= 0.6 is 0 Å². The quantitative estimate of drug-likeness (QED) is 0.143. The van der Waals surface area contributed by atoms with Crippen molar-refractivity contribution in [2.24, 2.45) is 0 Å². The molecule has 7 aromatic carbocycles. The Labute approximate surface area is 379 Å². The van der Waals surface area contributed by atoms with Gasteiger partial charge >= 0.3 is 0 Å². The molecule has 5 heteroatoms. The number of pyridine rings is 1. The molecule has 4 nitrogen and oxygen atoms in total. The van der Waals surface area contributed by atoms with Crippen LogP contribution in [0.15, 0.2) is 182 Å². The van der Waals surface area contributed by atoms with Crippen LogP contribution in [0.5, 0.6) is 0 Å². The number of para-hydroxylation sites is 4. The molecule has 0 radical (unpaired) electrons. The average molecular weight is 822 g/mol. The van der Waals surface area contributed by atoms with E-state index >= 15 is 0 Å². The molecule has 0 saturated heterocycles. The van der Waals surface area contributed by atoms with E-state index in [-0.39, 0.29) is 28.9 Å². The van der Waals surface area contributed by atoms with E-state index < -0.39 is 97.8 Å². The second-order valence-corrected chi connectivity index (χ2v) is 22.7. The van der Waals surface area contributed by atoms with Crippen LogP contribution in [0.2, 0.25) is 19.6 Å². The highest BCUT2D eigenvalue weighted by atomic mass is 28.3. The van der Waals surface area contributed by atoms with E-state index in [1.165, 1.54) is 10.8 Å². The number of hydrogen-bond donors (Lipinski definition) is 0. The van der Waals surface area contributed by atoms with Gasteiger partial charge in [-0.1, -0.05) is 173 Å².